The van der Waals surface area contributed by atoms with E-state index in [0.717, 1.165) is 48.2 Å². The molecule has 0 atom stereocenters. The van der Waals surface area contributed by atoms with Crippen LogP contribution in [0.15, 0.2) is 18.5 Å². The second-order valence-electron chi connectivity index (χ2n) is 7.03. The Labute approximate surface area is 147 Å². The van der Waals surface area contributed by atoms with Gasteiger partial charge in [-0.2, -0.15) is 5.10 Å². The molecular weight excluding hydrogens is 316 g/mol. The van der Waals surface area contributed by atoms with Gasteiger partial charge in [-0.25, -0.2) is 4.79 Å². The number of hydrogen-bond donors (Lipinski definition) is 2. The third-order valence-electron chi connectivity index (χ3n) is 5.39. The highest BCUT2D eigenvalue weighted by atomic mass is 16.4. The summed E-state index contributed by atoms with van der Waals surface area (Å²) in [5.74, 6) is -0.880. The molecule has 2 N–H and O–H groups in total. The number of aromatic carboxylic acids is 1. The predicted octanol–water partition coefficient (Wildman–Crippen LogP) is 2.66. The minimum atomic E-state index is -0.880. The third-order valence-corrected chi connectivity index (χ3v) is 5.39. The first-order chi connectivity index (χ1) is 12.2. The van der Waals surface area contributed by atoms with Gasteiger partial charge in [0.1, 0.15) is 5.69 Å². The third kappa shape index (κ3) is 3.18. The molecule has 2 heterocycles. The molecule has 0 saturated heterocycles. The predicted molar refractivity (Wildman–Crippen MR) is 94.7 cm³/mol. The van der Waals surface area contributed by atoms with E-state index in [1.165, 1.54) is 25.7 Å². The fourth-order valence-electron chi connectivity index (χ4n) is 4.14. The number of nitrogens with zero attached hydrogens (tertiary/aromatic N) is 3. The van der Waals surface area contributed by atoms with Crippen LogP contribution in [0.25, 0.3) is 11.3 Å². The summed E-state index contributed by atoms with van der Waals surface area (Å²) >= 11 is 0. The monoisotopic (exact) mass is 340 g/mol. The summed E-state index contributed by atoms with van der Waals surface area (Å²) in [6, 6.07) is 2.59. The van der Waals surface area contributed by atoms with E-state index in [4.69, 9.17) is 0 Å². The summed E-state index contributed by atoms with van der Waals surface area (Å²) in [6.45, 7) is 1.55. The number of carbonyl (C=O) groups is 1. The number of fused-ring (bicyclic) bond motifs is 3. The summed E-state index contributed by atoms with van der Waals surface area (Å²) in [5.41, 5.74) is 4.24. The van der Waals surface area contributed by atoms with Crippen LogP contribution in [0.3, 0.4) is 0 Å². The summed E-state index contributed by atoms with van der Waals surface area (Å²) in [4.78, 5) is 16.0. The van der Waals surface area contributed by atoms with E-state index in [-0.39, 0.29) is 0 Å². The fraction of sp³-hybridized carbons (Fsp3) is 0.526. The Morgan fingerprint density at radius 2 is 2.16 bits per heavy atom. The van der Waals surface area contributed by atoms with E-state index in [1.54, 1.807) is 10.9 Å². The molecule has 6 nitrogen and oxygen atoms in total. The van der Waals surface area contributed by atoms with Crippen LogP contribution in [0.5, 0.6) is 0 Å². The molecule has 6 heteroatoms. The van der Waals surface area contributed by atoms with Gasteiger partial charge < -0.3 is 10.4 Å². The Morgan fingerprint density at radius 1 is 1.32 bits per heavy atom. The Morgan fingerprint density at radius 3 is 2.96 bits per heavy atom. The molecule has 25 heavy (non-hydrogen) atoms. The van der Waals surface area contributed by atoms with Crippen molar-refractivity contribution in [1.82, 2.24) is 20.1 Å². The van der Waals surface area contributed by atoms with Crippen LogP contribution >= 0.6 is 0 Å². The Hall–Kier alpha value is -2.21. The van der Waals surface area contributed by atoms with Crippen LogP contribution in [0, 0.1) is 0 Å². The molecular formula is C19H24N4O2. The summed E-state index contributed by atoms with van der Waals surface area (Å²) < 4.78 is 1.69. The van der Waals surface area contributed by atoms with Crippen LogP contribution < -0.4 is 5.32 Å². The fourth-order valence-corrected chi connectivity index (χ4v) is 4.14. The first-order valence-electron chi connectivity index (χ1n) is 9.23. The Balaban J connectivity index is 1.52. The van der Waals surface area contributed by atoms with Crippen LogP contribution in [-0.4, -0.2) is 38.4 Å². The summed E-state index contributed by atoms with van der Waals surface area (Å²) in [5, 5.41) is 17.9. The first kappa shape index (κ1) is 16.3. The smallest absolute Gasteiger partial charge is 0.354 e. The minimum Gasteiger partial charge on any atom is -0.477 e. The highest BCUT2D eigenvalue weighted by Crippen LogP contribution is 2.34. The molecule has 2 aliphatic carbocycles. The molecule has 2 aliphatic rings. The molecule has 1 saturated carbocycles. The van der Waals surface area contributed by atoms with Crippen molar-refractivity contribution in [3.63, 3.8) is 0 Å². The van der Waals surface area contributed by atoms with Crippen LogP contribution in [0.2, 0.25) is 0 Å². The van der Waals surface area contributed by atoms with Crippen molar-refractivity contribution >= 4 is 5.97 Å². The minimum absolute atomic E-state index is 0.360. The van der Waals surface area contributed by atoms with Gasteiger partial charge in [0.2, 0.25) is 0 Å². The van der Waals surface area contributed by atoms with E-state index in [2.05, 4.69) is 15.4 Å². The zero-order valence-corrected chi connectivity index (χ0v) is 14.4. The number of carboxylic acid groups (broad SMARTS) is 1. The van der Waals surface area contributed by atoms with Crippen molar-refractivity contribution in [2.45, 2.75) is 57.5 Å². The Bertz CT molecular complexity index is 778. The lowest BCUT2D eigenvalue weighted by molar-refractivity contribution is 0.0681. The van der Waals surface area contributed by atoms with Gasteiger partial charge in [-0.3, -0.25) is 9.67 Å². The first-order valence-corrected chi connectivity index (χ1v) is 9.23. The maximum absolute atomic E-state index is 11.8. The van der Waals surface area contributed by atoms with Crippen molar-refractivity contribution < 1.29 is 9.90 Å². The van der Waals surface area contributed by atoms with E-state index in [1.807, 2.05) is 12.3 Å². The van der Waals surface area contributed by atoms with Gasteiger partial charge >= 0.3 is 5.97 Å². The molecule has 4 rings (SSSR count). The number of rotatable bonds is 6. The normalized spacial score (nSPS) is 16.6. The van der Waals surface area contributed by atoms with Gasteiger partial charge in [0, 0.05) is 36.1 Å². The van der Waals surface area contributed by atoms with Crippen LogP contribution in [0.1, 0.15) is 53.7 Å². The SMILES string of the molecule is O=C(O)c1c2c(nn1CCCNC1CCCC1)-c1ccncc1CC2. The van der Waals surface area contributed by atoms with Crippen LogP contribution in [-0.2, 0) is 19.4 Å². The molecule has 0 amide bonds. The molecule has 0 bridgehead atoms. The second-order valence-corrected chi connectivity index (χ2v) is 7.03. The molecule has 132 valence electrons. The number of nitrogens with one attached hydrogen (secondary N) is 1. The molecule has 1 fully saturated rings. The average Bonchev–Trinajstić information content (AvgIpc) is 3.26. The van der Waals surface area contributed by atoms with Gasteiger partial charge in [0.05, 0.1) is 5.69 Å². The highest BCUT2D eigenvalue weighted by Gasteiger charge is 2.28. The van der Waals surface area contributed by atoms with E-state index >= 15 is 0 Å². The number of carboxylic acids is 1. The standard InChI is InChI=1S/C19H24N4O2/c24-19(25)18-16-7-6-13-12-20-10-8-15(13)17(16)22-23(18)11-3-9-21-14-4-1-2-5-14/h8,10,12,14,21H,1-7,9,11H2,(H,24,25). The zero-order valence-electron chi connectivity index (χ0n) is 14.4. The van der Waals surface area contributed by atoms with Gasteiger partial charge in [-0.15, -0.1) is 0 Å². The molecule has 0 spiro atoms. The second kappa shape index (κ2) is 6.96. The zero-order chi connectivity index (χ0) is 17.2. The average molecular weight is 340 g/mol. The topological polar surface area (TPSA) is 80.0 Å². The van der Waals surface area contributed by atoms with Gasteiger partial charge in [0.15, 0.2) is 0 Å². The number of aromatic nitrogens is 3. The quantitative estimate of drug-likeness (QED) is 0.790. The number of pyridine rings is 1. The molecule has 2 aromatic heterocycles. The van der Waals surface area contributed by atoms with Gasteiger partial charge in [-0.05, 0) is 50.3 Å². The lowest BCUT2D eigenvalue weighted by Crippen LogP contribution is -2.28. The maximum Gasteiger partial charge on any atom is 0.354 e. The van der Waals surface area contributed by atoms with Gasteiger partial charge in [0.25, 0.3) is 0 Å². The molecule has 0 radical (unpaired) electrons. The van der Waals surface area contributed by atoms with Crippen molar-refractivity contribution in [2.24, 2.45) is 0 Å². The van der Waals surface area contributed by atoms with Crippen molar-refractivity contribution in [3.8, 4) is 11.3 Å². The molecule has 0 aromatic carbocycles. The molecule has 0 aliphatic heterocycles. The van der Waals surface area contributed by atoms with E-state index in [0.29, 0.717) is 18.3 Å². The highest BCUT2D eigenvalue weighted by molar-refractivity contribution is 5.90. The van der Waals surface area contributed by atoms with Crippen molar-refractivity contribution in [3.05, 3.63) is 35.3 Å². The van der Waals surface area contributed by atoms with Gasteiger partial charge in [-0.1, -0.05) is 12.8 Å². The molecule has 0 unspecified atom stereocenters. The lowest BCUT2D eigenvalue weighted by Gasteiger charge is -2.14. The molecule has 2 aromatic rings. The summed E-state index contributed by atoms with van der Waals surface area (Å²) in [6.07, 6.45) is 11.2. The van der Waals surface area contributed by atoms with Crippen molar-refractivity contribution in [1.29, 1.82) is 0 Å². The van der Waals surface area contributed by atoms with E-state index in [9.17, 15) is 9.90 Å². The lowest BCUT2D eigenvalue weighted by atomic mass is 9.90. The van der Waals surface area contributed by atoms with E-state index < -0.39 is 5.97 Å². The number of aryl methyl sites for hydroxylation is 2. The Kier molecular flexibility index (Phi) is 4.53. The maximum atomic E-state index is 11.8. The summed E-state index contributed by atoms with van der Waals surface area (Å²) in [7, 11) is 0. The largest absolute Gasteiger partial charge is 0.477 e. The van der Waals surface area contributed by atoms with Crippen LogP contribution in [0.4, 0.5) is 0 Å². The van der Waals surface area contributed by atoms with Crippen molar-refractivity contribution in [2.75, 3.05) is 6.54 Å². The number of hydrogen-bond acceptors (Lipinski definition) is 4.